The Bertz CT molecular complexity index is 446. The van der Waals surface area contributed by atoms with Crippen molar-refractivity contribution in [2.24, 2.45) is 5.92 Å². The lowest BCUT2D eigenvalue weighted by Crippen LogP contribution is -2.33. The number of hydrogen-bond acceptors (Lipinski definition) is 3. The van der Waals surface area contributed by atoms with Gasteiger partial charge in [0, 0.05) is 30.6 Å². The molecule has 1 aromatic carbocycles. The molecule has 1 fully saturated rings. The molecule has 0 aromatic heterocycles. The van der Waals surface area contributed by atoms with E-state index in [0.29, 0.717) is 12.1 Å². The molecule has 0 bridgehead atoms. The summed E-state index contributed by atoms with van der Waals surface area (Å²) in [4.78, 5) is 2.66. The second-order valence-electron chi connectivity index (χ2n) is 6.40. The lowest BCUT2D eigenvalue weighted by Gasteiger charge is -2.33. The van der Waals surface area contributed by atoms with Crippen molar-refractivity contribution in [3.8, 4) is 5.75 Å². The Kier molecular flexibility index (Phi) is 4.27. The van der Waals surface area contributed by atoms with Gasteiger partial charge in [-0.1, -0.05) is 32.0 Å². The van der Waals surface area contributed by atoms with Crippen LogP contribution >= 0.6 is 0 Å². The van der Waals surface area contributed by atoms with Gasteiger partial charge in [0.2, 0.25) is 0 Å². The average molecular weight is 274 g/mol. The highest BCUT2D eigenvalue weighted by Gasteiger charge is 2.32. The molecule has 20 heavy (non-hydrogen) atoms. The first kappa shape index (κ1) is 13.9. The summed E-state index contributed by atoms with van der Waals surface area (Å²) in [6, 6.07) is 9.69. The first-order chi connectivity index (χ1) is 9.74. The second-order valence-corrected chi connectivity index (χ2v) is 6.40. The predicted molar refractivity (Wildman–Crippen MR) is 82.1 cm³/mol. The van der Waals surface area contributed by atoms with Crippen LogP contribution in [-0.4, -0.2) is 37.2 Å². The van der Waals surface area contributed by atoms with Crippen LogP contribution in [0.5, 0.6) is 5.75 Å². The molecule has 1 N–H and O–H groups in total. The van der Waals surface area contributed by atoms with Crippen LogP contribution in [0.3, 0.4) is 0 Å². The number of nitrogens with zero attached hydrogens (tertiary/aromatic N) is 1. The zero-order chi connectivity index (χ0) is 13.9. The first-order valence-corrected chi connectivity index (χ1v) is 7.93. The van der Waals surface area contributed by atoms with Gasteiger partial charge < -0.3 is 10.1 Å². The topological polar surface area (TPSA) is 24.5 Å². The summed E-state index contributed by atoms with van der Waals surface area (Å²) in [6.07, 6.45) is 2.45. The number of benzene rings is 1. The van der Waals surface area contributed by atoms with Crippen LogP contribution in [0.2, 0.25) is 0 Å². The third kappa shape index (κ3) is 2.99. The maximum absolute atomic E-state index is 5.78. The SMILES string of the molecule is CC(C)NCC1CCN(C2CCOc3ccccc32)C1. The van der Waals surface area contributed by atoms with Crippen LogP contribution in [0, 0.1) is 5.92 Å². The number of rotatable bonds is 4. The highest BCUT2D eigenvalue weighted by molar-refractivity contribution is 5.37. The smallest absolute Gasteiger partial charge is 0.124 e. The number of ether oxygens (including phenoxy) is 1. The maximum atomic E-state index is 5.78. The van der Waals surface area contributed by atoms with Crippen molar-refractivity contribution >= 4 is 0 Å². The van der Waals surface area contributed by atoms with E-state index in [-0.39, 0.29) is 0 Å². The molecular formula is C17H26N2O. The fourth-order valence-electron chi connectivity index (χ4n) is 3.42. The number of para-hydroxylation sites is 1. The van der Waals surface area contributed by atoms with E-state index in [1.807, 2.05) is 0 Å². The Morgan fingerprint density at radius 2 is 2.15 bits per heavy atom. The number of fused-ring (bicyclic) bond motifs is 1. The van der Waals surface area contributed by atoms with Crippen LogP contribution in [0.25, 0.3) is 0 Å². The predicted octanol–water partition coefficient (Wildman–Crippen LogP) is 2.83. The zero-order valence-electron chi connectivity index (χ0n) is 12.6. The lowest BCUT2D eigenvalue weighted by atomic mass is 9.99. The Balaban J connectivity index is 1.64. The van der Waals surface area contributed by atoms with E-state index in [1.165, 1.54) is 25.1 Å². The van der Waals surface area contributed by atoms with Crippen LogP contribution < -0.4 is 10.1 Å². The van der Waals surface area contributed by atoms with Crippen LogP contribution in [0.4, 0.5) is 0 Å². The van der Waals surface area contributed by atoms with E-state index in [2.05, 4.69) is 48.3 Å². The first-order valence-electron chi connectivity index (χ1n) is 7.93. The average Bonchev–Trinajstić information content (AvgIpc) is 2.93. The van der Waals surface area contributed by atoms with Crippen molar-refractivity contribution in [2.45, 2.75) is 38.8 Å². The highest BCUT2D eigenvalue weighted by Crippen LogP contribution is 2.38. The minimum Gasteiger partial charge on any atom is -0.493 e. The fraction of sp³-hybridized carbons (Fsp3) is 0.647. The number of nitrogens with one attached hydrogen (secondary N) is 1. The zero-order valence-corrected chi connectivity index (χ0v) is 12.6. The third-order valence-corrected chi connectivity index (χ3v) is 4.50. The molecule has 0 radical (unpaired) electrons. The molecule has 0 aliphatic carbocycles. The van der Waals surface area contributed by atoms with Crippen molar-refractivity contribution in [2.75, 3.05) is 26.2 Å². The molecule has 2 heterocycles. The van der Waals surface area contributed by atoms with Gasteiger partial charge in [-0.3, -0.25) is 4.90 Å². The maximum Gasteiger partial charge on any atom is 0.124 e. The van der Waals surface area contributed by atoms with Crippen LogP contribution in [0.15, 0.2) is 24.3 Å². The summed E-state index contributed by atoms with van der Waals surface area (Å²) in [6.45, 7) is 8.90. The minimum absolute atomic E-state index is 0.559. The molecule has 3 heteroatoms. The van der Waals surface area contributed by atoms with Crippen molar-refractivity contribution in [1.29, 1.82) is 0 Å². The van der Waals surface area contributed by atoms with Gasteiger partial charge in [-0.25, -0.2) is 0 Å². The van der Waals surface area contributed by atoms with Crippen molar-refractivity contribution < 1.29 is 4.74 Å². The molecule has 0 amide bonds. The molecule has 0 spiro atoms. The molecule has 3 nitrogen and oxygen atoms in total. The van der Waals surface area contributed by atoms with E-state index >= 15 is 0 Å². The van der Waals surface area contributed by atoms with E-state index < -0.39 is 0 Å². The molecule has 2 atom stereocenters. The van der Waals surface area contributed by atoms with Gasteiger partial charge in [0.05, 0.1) is 6.61 Å². The Morgan fingerprint density at radius 1 is 1.30 bits per heavy atom. The van der Waals surface area contributed by atoms with Gasteiger partial charge in [-0.15, -0.1) is 0 Å². The van der Waals surface area contributed by atoms with E-state index in [1.54, 1.807) is 0 Å². The summed E-state index contributed by atoms with van der Waals surface area (Å²) >= 11 is 0. The molecule has 2 aliphatic heterocycles. The second kappa shape index (κ2) is 6.15. The largest absolute Gasteiger partial charge is 0.493 e. The number of hydrogen-bond donors (Lipinski definition) is 1. The van der Waals surface area contributed by atoms with E-state index in [4.69, 9.17) is 4.74 Å². The molecule has 0 saturated carbocycles. The molecule has 1 aromatic rings. The summed E-state index contributed by atoms with van der Waals surface area (Å²) in [5, 5.41) is 3.58. The quantitative estimate of drug-likeness (QED) is 0.913. The molecular weight excluding hydrogens is 248 g/mol. The normalized spacial score (nSPS) is 26.6. The van der Waals surface area contributed by atoms with Gasteiger partial charge >= 0.3 is 0 Å². The van der Waals surface area contributed by atoms with Crippen molar-refractivity contribution in [1.82, 2.24) is 10.2 Å². The summed E-state index contributed by atoms with van der Waals surface area (Å²) in [5.74, 6) is 1.89. The molecule has 110 valence electrons. The monoisotopic (exact) mass is 274 g/mol. The Hall–Kier alpha value is -1.06. The van der Waals surface area contributed by atoms with Gasteiger partial charge in [-0.05, 0) is 31.5 Å². The van der Waals surface area contributed by atoms with Crippen LogP contribution in [0.1, 0.15) is 38.3 Å². The van der Waals surface area contributed by atoms with Gasteiger partial charge in [0.1, 0.15) is 5.75 Å². The molecule has 2 aliphatic rings. The summed E-state index contributed by atoms with van der Waals surface area (Å²) in [7, 11) is 0. The van der Waals surface area contributed by atoms with Crippen LogP contribution in [-0.2, 0) is 0 Å². The van der Waals surface area contributed by atoms with E-state index in [9.17, 15) is 0 Å². The molecule has 2 unspecified atom stereocenters. The van der Waals surface area contributed by atoms with E-state index in [0.717, 1.165) is 31.2 Å². The standard InChI is InChI=1S/C17H26N2O/c1-13(2)18-11-14-7-9-19(12-14)16-8-10-20-17-6-4-3-5-15(16)17/h3-6,13-14,16,18H,7-12H2,1-2H3. The molecule has 1 saturated heterocycles. The third-order valence-electron chi connectivity index (χ3n) is 4.50. The highest BCUT2D eigenvalue weighted by atomic mass is 16.5. The van der Waals surface area contributed by atoms with Gasteiger partial charge in [0.25, 0.3) is 0 Å². The number of likely N-dealkylation sites (tertiary alicyclic amines) is 1. The summed E-state index contributed by atoms with van der Waals surface area (Å²) < 4.78 is 5.78. The Morgan fingerprint density at radius 3 is 3.00 bits per heavy atom. The Labute approximate surface area is 122 Å². The van der Waals surface area contributed by atoms with Gasteiger partial charge in [0.15, 0.2) is 0 Å². The summed E-state index contributed by atoms with van der Waals surface area (Å²) in [5.41, 5.74) is 1.39. The van der Waals surface area contributed by atoms with Crippen molar-refractivity contribution in [3.63, 3.8) is 0 Å². The van der Waals surface area contributed by atoms with Gasteiger partial charge in [-0.2, -0.15) is 0 Å². The minimum atomic E-state index is 0.559. The lowest BCUT2D eigenvalue weighted by molar-refractivity contribution is 0.161. The molecule has 3 rings (SSSR count). The fourth-order valence-corrected chi connectivity index (χ4v) is 3.42. The van der Waals surface area contributed by atoms with Crippen molar-refractivity contribution in [3.05, 3.63) is 29.8 Å².